The van der Waals surface area contributed by atoms with Gasteiger partial charge in [-0.1, -0.05) is 32.1 Å². The van der Waals surface area contributed by atoms with Crippen molar-refractivity contribution in [2.75, 3.05) is 13.1 Å². The van der Waals surface area contributed by atoms with Crippen molar-refractivity contribution in [3.05, 3.63) is 0 Å². The fraction of sp³-hybridized carbons (Fsp3) is 1.00. The third-order valence-corrected chi connectivity index (χ3v) is 5.22. The highest BCUT2D eigenvalue weighted by atomic mass is 14.9. The van der Waals surface area contributed by atoms with E-state index in [1.807, 2.05) is 0 Å². The van der Waals surface area contributed by atoms with Gasteiger partial charge in [-0.05, 0) is 43.1 Å². The van der Waals surface area contributed by atoms with Gasteiger partial charge in [-0.2, -0.15) is 0 Å². The van der Waals surface area contributed by atoms with Crippen LogP contribution in [-0.2, 0) is 0 Å². The smallest absolute Gasteiger partial charge is 0.00110 e. The van der Waals surface area contributed by atoms with Crippen molar-refractivity contribution in [3.63, 3.8) is 0 Å². The van der Waals surface area contributed by atoms with E-state index < -0.39 is 0 Å². The molecule has 0 amide bonds. The topological polar surface area (TPSA) is 12.0 Å². The lowest BCUT2D eigenvalue weighted by Crippen LogP contribution is -2.42. The fourth-order valence-electron chi connectivity index (χ4n) is 4.55. The average Bonchev–Trinajstić information content (AvgIpc) is 2.68. The maximum Gasteiger partial charge on any atom is 0.00110 e. The third kappa shape index (κ3) is 1.32. The first-order valence-electron chi connectivity index (χ1n) is 6.61. The van der Waals surface area contributed by atoms with Gasteiger partial charge in [-0.25, -0.2) is 0 Å². The van der Waals surface area contributed by atoms with Crippen molar-refractivity contribution in [3.8, 4) is 0 Å². The number of rotatable bonds is 0. The molecule has 0 aromatic carbocycles. The minimum Gasteiger partial charge on any atom is -0.316 e. The molecule has 1 aliphatic heterocycles. The molecule has 3 atom stereocenters. The monoisotopic (exact) mass is 193 g/mol. The predicted molar refractivity (Wildman–Crippen MR) is 59.2 cm³/mol. The Kier molecular flexibility index (Phi) is 2.31. The van der Waals surface area contributed by atoms with E-state index in [1.165, 1.54) is 45.2 Å². The van der Waals surface area contributed by atoms with Crippen LogP contribution in [0, 0.1) is 17.3 Å². The zero-order chi connectivity index (χ0) is 9.43. The molecule has 2 aliphatic carbocycles. The zero-order valence-electron chi connectivity index (χ0n) is 9.23. The van der Waals surface area contributed by atoms with Crippen molar-refractivity contribution >= 4 is 0 Å². The summed E-state index contributed by atoms with van der Waals surface area (Å²) in [6.45, 7) is 2.64. The third-order valence-electron chi connectivity index (χ3n) is 5.22. The van der Waals surface area contributed by atoms with Gasteiger partial charge in [0.2, 0.25) is 0 Å². The van der Waals surface area contributed by atoms with Gasteiger partial charge < -0.3 is 5.32 Å². The molecule has 0 bridgehead atoms. The highest BCUT2D eigenvalue weighted by Gasteiger charge is 2.47. The summed E-state index contributed by atoms with van der Waals surface area (Å²) in [5.41, 5.74) is 0.753. The van der Waals surface area contributed by atoms with Crippen LogP contribution in [0.15, 0.2) is 0 Å². The molecule has 1 heteroatoms. The Morgan fingerprint density at radius 2 is 1.79 bits per heavy atom. The van der Waals surface area contributed by atoms with Gasteiger partial charge in [0.15, 0.2) is 0 Å². The van der Waals surface area contributed by atoms with Gasteiger partial charge in [0.1, 0.15) is 0 Å². The SMILES string of the molecule is C1CCC2C(C1)CCCC21CCNC1. The van der Waals surface area contributed by atoms with E-state index >= 15 is 0 Å². The average molecular weight is 193 g/mol. The lowest BCUT2D eigenvalue weighted by Gasteiger charge is -2.48. The van der Waals surface area contributed by atoms with Crippen LogP contribution >= 0.6 is 0 Å². The molecule has 1 N–H and O–H groups in total. The Labute approximate surface area is 87.7 Å². The Balaban J connectivity index is 1.82. The van der Waals surface area contributed by atoms with E-state index in [1.54, 1.807) is 19.3 Å². The van der Waals surface area contributed by atoms with Crippen LogP contribution in [-0.4, -0.2) is 13.1 Å². The molecule has 1 saturated heterocycles. The summed E-state index contributed by atoms with van der Waals surface area (Å²) >= 11 is 0. The molecule has 0 aromatic rings. The van der Waals surface area contributed by atoms with Crippen LogP contribution in [0.5, 0.6) is 0 Å². The Bertz CT molecular complexity index is 203. The lowest BCUT2D eigenvalue weighted by molar-refractivity contribution is 0.0267. The second-order valence-electron chi connectivity index (χ2n) is 5.83. The molecule has 3 aliphatic rings. The molecule has 1 spiro atoms. The highest BCUT2D eigenvalue weighted by molar-refractivity contribution is 4.99. The lowest BCUT2D eigenvalue weighted by atomic mass is 9.57. The maximum atomic E-state index is 3.62. The van der Waals surface area contributed by atoms with Crippen molar-refractivity contribution in [2.45, 2.75) is 51.4 Å². The van der Waals surface area contributed by atoms with Gasteiger partial charge in [0, 0.05) is 6.54 Å². The molecular formula is C13H23N. The largest absolute Gasteiger partial charge is 0.316 e. The van der Waals surface area contributed by atoms with Gasteiger partial charge in [-0.3, -0.25) is 0 Å². The number of fused-ring (bicyclic) bond motifs is 2. The van der Waals surface area contributed by atoms with Crippen molar-refractivity contribution < 1.29 is 0 Å². The number of nitrogens with one attached hydrogen (secondary N) is 1. The zero-order valence-corrected chi connectivity index (χ0v) is 9.23. The van der Waals surface area contributed by atoms with Crippen molar-refractivity contribution in [1.82, 2.24) is 5.32 Å². The minimum atomic E-state index is 0.753. The number of hydrogen-bond donors (Lipinski definition) is 1. The van der Waals surface area contributed by atoms with Crippen LogP contribution in [0.3, 0.4) is 0 Å². The van der Waals surface area contributed by atoms with E-state index in [4.69, 9.17) is 0 Å². The Morgan fingerprint density at radius 1 is 0.929 bits per heavy atom. The Hall–Kier alpha value is -0.0400. The molecule has 1 heterocycles. The second-order valence-corrected chi connectivity index (χ2v) is 5.83. The van der Waals surface area contributed by atoms with Crippen LogP contribution in [0.4, 0.5) is 0 Å². The second kappa shape index (κ2) is 3.52. The molecule has 14 heavy (non-hydrogen) atoms. The minimum absolute atomic E-state index is 0.753. The first-order valence-corrected chi connectivity index (χ1v) is 6.61. The fourth-order valence-corrected chi connectivity index (χ4v) is 4.55. The molecule has 3 unspecified atom stereocenters. The van der Waals surface area contributed by atoms with E-state index in [-0.39, 0.29) is 0 Å². The molecule has 1 nitrogen and oxygen atoms in total. The van der Waals surface area contributed by atoms with Gasteiger partial charge >= 0.3 is 0 Å². The van der Waals surface area contributed by atoms with Crippen molar-refractivity contribution in [1.29, 1.82) is 0 Å². The van der Waals surface area contributed by atoms with Gasteiger partial charge in [0.25, 0.3) is 0 Å². The predicted octanol–water partition coefficient (Wildman–Crippen LogP) is 2.96. The van der Waals surface area contributed by atoms with E-state index in [0.717, 1.165) is 17.3 Å². The normalized spacial score (nSPS) is 48.0. The molecule has 0 aromatic heterocycles. The summed E-state index contributed by atoms with van der Waals surface area (Å²) < 4.78 is 0. The van der Waals surface area contributed by atoms with Crippen LogP contribution in [0.1, 0.15) is 51.4 Å². The molecule has 80 valence electrons. The van der Waals surface area contributed by atoms with Gasteiger partial charge in [0.05, 0.1) is 0 Å². The molecule has 3 rings (SSSR count). The number of hydrogen-bond acceptors (Lipinski definition) is 1. The first kappa shape index (κ1) is 9.21. The van der Waals surface area contributed by atoms with Crippen LogP contribution < -0.4 is 5.32 Å². The molecular weight excluding hydrogens is 170 g/mol. The summed E-state index contributed by atoms with van der Waals surface area (Å²) in [6.07, 6.45) is 12.2. The summed E-state index contributed by atoms with van der Waals surface area (Å²) in [4.78, 5) is 0. The standard InChI is InChI=1S/C13H23N/c1-2-6-12-11(4-1)5-3-7-13(12)8-9-14-10-13/h11-12,14H,1-10H2. The maximum absolute atomic E-state index is 3.62. The van der Waals surface area contributed by atoms with Gasteiger partial charge in [-0.15, -0.1) is 0 Å². The quantitative estimate of drug-likeness (QED) is 0.623. The summed E-state index contributed by atoms with van der Waals surface area (Å²) in [5.74, 6) is 2.21. The van der Waals surface area contributed by atoms with E-state index in [2.05, 4.69) is 5.32 Å². The van der Waals surface area contributed by atoms with Crippen molar-refractivity contribution in [2.24, 2.45) is 17.3 Å². The van der Waals surface area contributed by atoms with E-state index in [9.17, 15) is 0 Å². The molecule has 2 saturated carbocycles. The summed E-state index contributed by atoms with van der Waals surface area (Å²) in [5, 5.41) is 3.62. The summed E-state index contributed by atoms with van der Waals surface area (Å²) in [7, 11) is 0. The molecule has 3 fully saturated rings. The highest BCUT2D eigenvalue weighted by Crippen LogP contribution is 2.53. The first-order chi connectivity index (χ1) is 6.91. The Morgan fingerprint density at radius 3 is 2.64 bits per heavy atom. The van der Waals surface area contributed by atoms with Crippen LogP contribution in [0.25, 0.3) is 0 Å². The summed E-state index contributed by atoms with van der Waals surface area (Å²) in [6, 6.07) is 0. The van der Waals surface area contributed by atoms with Crippen LogP contribution in [0.2, 0.25) is 0 Å². The van der Waals surface area contributed by atoms with E-state index in [0.29, 0.717) is 0 Å². The molecule has 0 radical (unpaired) electrons.